The fourth-order valence-electron chi connectivity index (χ4n) is 21.7. The second-order valence-electron chi connectivity index (χ2n) is 34.5. The van der Waals surface area contributed by atoms with E-state index < -0.39 is 5.41 Å². The van der Waals surface area contributed by atoms with Crippen LogP contribution >= 0.6 is 68.0 Å². The molecule has 3 aliphatic heterocycles. The molecule has 3 spiro atoms. The van der Waals surface area contributed by atoms with E-state index in [1.807, 2.05) is 226 Å². The Balaban J connectivity index is 0.000000105. The maximum atomic E-state index is 5.14. The summed E-state index contributed by atoms with van der Waals surface area (Å²) in [4.78, 5) is 60.4. The Morgan fingerprint density at radius 3 is 0.616 bits per heavy atom. The van der Waals surface area contributed by atoms with E-state index in [1.54, 1.807) is 0 Å². The molecular weight excluding hydrogens is 1800 g/mol. The van der Waals surface area contributed by atoms with Gasteiger partial charge in [-0.05, 0) is 208 Å². The number of thiophene rings is 6. The van der Waals surface area contributed by atoms with E-state index in [0.717, 1.165) is 67.3 Å². The highest BCUT2D eigenvalue weighted by Gasteiger charge is 2.57. The van der Waals surface area contributed by atoms with Crippen LogP contribution in [0.2, 0.25) is 0 Å². The molecule has 0 radical (unpaired) electrons. The van der Waals surface area contributed by atoms with Gasteiger partial charge in [0, 0.05) is 85.1 Å². The van der Waals surface area contributed by atoms with Gasteiger partial charge in [0.1, 0.15) is 0 Å². The Bertz CT molecular complexity index is 8210. The molecule has 0 bridgehead atoms. The van der Waals surface area contributed by atoms with Gasteiger partial charge in [0.05, 0.1) is 50.4 Å². The van der Waals surface area contributed by atoms with Crippen molar-refractivity contribution >= 4 is 119 Å². The Labute approximate surface area is 820 Å². The van der Waals surface area contributed by atoms with Crippen LogP contribution < -0.4 is 14.7 Å². The molecule has 0 amide bonds. The van der Waals surface area contributed by atoms with Crippen molar-refractivity contribution in [2.45, 2.75) is 16.2 Å². The topological polar surface area (TPSA) is 126 Å². The number of hydrogen-bond acceptors (Lipinski definition) is 18. The van der Waals surface area contributed by atoms with E-state index in [4.69, 9.17) is 44.9 Å². The minimum Gasteiger partial charge on any atom is -0.310 e. The van der Waals surface area contributed by atoms with E-state index >= 15 is 0 Å². The molecule has 0 N–H and O–H groups in total. The molecule has 0 fully saturated rings. The van der Waals surface area contributed by atoms with Crippen LogP contribution in [0.4, 0.5) is 51.4 Å². The van der Waals surface area contributed by atoms with Crippen LogP contribution in [-0.4, -0.2) is 44.9 Å². The quantitative estimate of drug-likeness (QED) is 0.122. The molecule has 6 aliphatic rings. The third kappa shape index (κ3) is 12.6. The normalized spacial score (nSPS) is 13.6. The molecule has 9 aromatic heterocycles. The summed E-state index contributed by atoms with van der Waals surface area (Å²) < 4.78 is 0. The van der Waals surface area contributed by atoms with E-state index in [0.29, 0.717) is 52.5 Å². The molecule has 18 heteroatoms. The van der Waals surface area contributed by atoms with Crippen molar-refractivity contribution in [1.82, 2.24) is 44.9 Å². The number of nitrogens with zero attached hydrogens (tertiary/aromatic N) is 12. The number of fused-ring (bicyclic) bond motifs is 27. The standard InChI is InChI=1S/2C42H26N4S2.C36H22N4S2/c1-3-12-27(13-4-1)39-43-40(28-14-5-2-6-15-28)45-41(44-39)29-16-11-17-30(26-29)46-35-20-9-7-18-31(35)42(32-19-8-10-21-36(32)46)33-22-24-47-37(33)38-34(42)23-25-48-38;1-3-11-27(12-4-1)39-43-40(28-13-5-2-6-14-28)45-41(44-39)29-19-21-30(22-20-29)46-35-17-9-7-15-31(35)42(32-16-8-10-18-36(32)46)33-23-25-47-37(33)38-34(42)24-26-48-38;1-3-11-23(12-4-1)33-37-34(24-13-5-2-6-14-24)39-35(38-33)40-29-17-9-7-15-25(29)36(26-16-8-10-18-30(26)40)27-19-21-41-31(27)32-28(36)20-22-42-32/h2*1-26H;1-22H. The number of para-hydroxylation sites is 6. The van der Waals surface area contributed by atoms with Crippen molar-refractivity contribution < 1.29 is 0 Å². The molecule has 650 valence electrons. The summed E-state index contributed by atoms with van der Waals surface area (Å²) in [6.07, 6.45) is 0. The van der Waals surface area contributed by atoms with Gasteiger partial charge in [0.2, 0.25) is 5.95 Å². The van der Waals surface area contributed by atoms with Crippen LogP contribution in [-0.2, 0) is 16.2 Å². The van der Waals surface area contributed by atoms with Gasteiger partial charge in [-0.3, -0.25) is 4.90 Å². The highest BCUT2D eigenvalue weighted by atomic mass is 32.1. The maximum Gasteiger partial charge on any atom is 0.238 e. The molecule has 29 rings (SSSR count). The monoisotopic (exact) mass is 1870 g/mol. The number of anilines is 9. The van der Waals surface area contributed by atoms with Gasteiger partial charge in [-0.15, -0.1) is 68.0 Å². The van der Waals surface area contributed by atoms with Crippen molar-refractivity contribution in [2.24, 2.45) is 0 Å². The van der Waals surface area contributed by atoms with Crippen LogP contribution in [0.1, 0.15) is 66.8 Å². The third-order valence-electron chi connectivity index (χ3n) is 27.4. The second-order valence-corrected chi connectivity index (χ2v) is 40.0. The van der Waals surface area contributed by atoms with E-state index in [9.17, 15) is 0 Å². The average Bonchev–Trinajstić information content (AvgIpc) is 1.53. The zero-order valence-corrected chi connectivity index (χ0v) is 78.4. The Hall–Kier alpha value is -16.3. The largest absolute Gasteiger partial charge is 0.310 e. The smallest absolute Gasteiger partial charge is 0.238 e. The van der Waals surface area contributed by atoms with Gasteiger partial charge >= 0.3 is 0 Å². The van der Waals surface area contributed by atoms with Crippen LogP contribution in [0.5, 0.6) is 0 Å². The summed E-state index contributed by atoms with van der Waals surface area (Å²) in [7, 11) is 0. The summed E-state index contributed by atoms with van der Waals surface area (Å²) in [6, 6.07) is 145. The maximum absolute atomic E-state index is 5.14. The lowest BCUT2D eigenvalue weighted by atomic mass is 9.65. The minimum atomic E-state index is -0.397. The first-order valence-electron chi connectivity index (χ1n) is 45.7. The van der Waals surface area contributed by atoms with Crippen molar-refractivity contribution in [2.75, 3.05) is 14.7 Å². The Kier molecular flexibility index (Phi) is 19.5. The fraction of sp³-hybridized carbons (Fsp3) is 0.0250. The number of rotatable bonds is 11. The zero-order valence-electron chi connectivity index (χ0n) is 73.5. The average molecular weight is 1880 g/mol. The van der Waals surface area contributed by atoms with E-state index in [1.165, 1.54) is 119 Å². The SMILES string of the molecule is c1ccc(-c2nc(-c3ccccc3)nc(-c3ccc(N4c5ccccc5C5(c6ccccc64)c4ccsc4-c4sccc45)cc3)n2)cc1.c1ccc(-c2nc(-c3ccccc3)nc(-c3cccc(N4c5ccccc5C5(c6ccccc64)c4ccsc4-c4sccc45)c3)n2)cc1.c1ccc(-c2nc(-c3ccccc3)nc(N3c4ccccc4C4(c5ccccc53)c3ccsc3-c3sccc34)n2)cc1. The predicted molar refractivity (Wildman–Crippen MR) is 567 cm³/mol. The summed E-state index contributed by atoms with van der Waals surface area (Å²) in [5.74, 6) is 5.81. The second kappa shape index (κ2) is 33.1. The zero-order chi connectivity index (χ0) is 91.0. The summed E-state index contributed by atoms with van der Waals surface area (Å²) >= 11 is 11.1. The molecule has 12 heterocycles. The van der Waals surface area contributed by atoms with E-state index in [2.05, 4.69) is 302 Å². The molecule has 0 atom stereocenters. The molecule has 14 aromatic carbocycles. The first-order valence-corrected chi connectivity index (χ1v) is 51.0. The lowest BCUT2D eigenvalue weighted by Crippen LogP contribution is -2.36. The first-order chi connectivity index (χ1) is 68.4. The van der Waals surface area contributed by atoms with Crippen LogP contribution in [0.3, 0.4) is 0 Å². The van der Waals surface area contributed by atoms with Crippen molar-refractivity contribution in [3.05, 3.63) is 512 Å². The molecule has 0 saturated heterocycles. The highest BCUT2D eigenvalue weighted by molar-refractivity contribution is 7.22. The fourth-order valence-corrected chi connectivity index (χ4v) is 28.0. The molecule has 23 aromatic rings. The summed E-state index contributed by atoms with van der Waals surface area (Å²) in [5.41, 5.74) is 31.5. The van der Waals surface area contributed by atoms with Gasteiger partial charge in [0.25, 0.3) is 0 Å². The molecule has 12 nitrogen and oxygen atoms in total. The number of benzene rings is 14. The first kappa shape index (κ1) is 81.3. The van der Waals surface area contributed by atoms with Gasteiger partial charge in [-0.25, -0.2) is 34.9 Å². The number of aromatic nitrogens is 9. The number of hydrogen-bond donors (Lipinski definition) is 0. The van der Waals surface area contributed by atoms with Crippen molar-refractivity contribution in [1.29, 1.82) is 0 Å². The molecule has 3 aliphatic carbocycles. The van der Waals surface area contributed by atoms with Crippen molar-refractivity contribution in [3.63, 3.8) is 0 Å². The van der Waals surface area contributed by atoms with Crippen molar-refractivity contribution in [3.8, 4) is 120 Å². The highest BCUT2D eigenvalue weighted by Crippen LogP contribution is 2.70. The predicted octanol–water partition coefficient (Wildman–Crippen LogP) is 31.8. The third-order valence-corrected chi connectivity index (χ3v) is 33.3. The van der Waals surface area contributed by atoms with Crippen LogP contribution in [0.25, 0.3) is 120 Å². The van der Waals surface area contributed by atoms with E-state index in [-0.39, 0.29) is 10.8 Å². The van der Waals surface area contributed by atoms with Crippen LogP contribution in [0, 0.1) is 0 Å². The molecule has 138 heavy (non-hydrogen) atoms. The minimum absolute atomic E-state index is 0.346. The van der Waals surface area contributed by atoms with Gasteiger partial charge < -0.3 is 9.80 Å². The van der Waals surface area contributed by atoms with Gasteiger partial charge in [-0.1, -0.05) is 303 Å². The molecular formula is C120H74N12S6. The van der Waals surface area contributed by atoms with Crippen LogP contribution in [0.15, 0.2) is 445 Å². The van der Waals surface area contributed by atoms with Gasteiger partial charge in [-0.2, -0.15) is 9.97 Å². The summed E-state index contributed by atoms with van der Waals surface area (Å²) in [5, 5.41) is 13.5. The summed E-state index contributed by atoms with van der Waals surface area (Å²) in [6.45, 7) is 0. The lowest BCUT2D eigenvalue weighted by molar-refractivity contribution is 0.752. The molecule has 0 saturated carbocycles. The molecule has 0 unspecified atom stereocenters. The Morgan fingerprint density at radius 2 is 0.355 bits per heavy atom. The Morgan fingerprint density at radius 1 is 0.152 bits per heavy atom. The van der Waals surface area contributed by atoms with Gasteiger partial charge in [0.15, 0.2) is 46.6 Å². The lowest BCUT2D eigenvalue weighted by Gasteiger charge is -2.44.